The van der Waals surface area contributed by atoms with Gasteiger partial charge in [0.05, 0.1) is 16.3 Å². The van der Waals surface area contributed by atoms with Crippen LogP contribution >= 0.6 is 0 Å². The molecule has 0 amide bonds. The van der Waals surface area contributed by atoms with Crippen molar-refractivity contribution in [2.45, 2.75) is 0 Å². The third-order valence-electron chi connectivity index (χ3n) is 6.71. The maximum absolute atomic E-state index is 5.34. The van der Waals surface area contributed by atoms with Gasteiger partial charge in [-0.2, -0.15) is 0 Å². The third kappa shape index (κ3) is 2.76. The van der Waals surface area contributed by atoms with E-state index < -0.39 is 0 Å². The first-order valence-corrected chi connectivity index (χ1v) is 11.6. The summed E-state index contributed by atoms with van der Waals surface area (Å²) >= 11 is 0. The number of hydrogen-bond donors (Lipinski definition) is 0. The summed E-state index contributed by atoms with van der Waals surface area (Å²) in [4.78, 5) is 0. The first-order chi connectivity index (χ1) is 16.9. The molecule has 0 spiro atoms. The Morgan fingerprint density at radius 1 is 0.441 bits per heavy atom. The lowest BCUT2D eigenvalue weighted by atomic mass is 9.93. The number of fused-ring (bicyclic) bond motifs is 7. The Hall–Kier alpha value is -4.56. The molecule has 0 saturated carbocycles. The molecular weight excluding hydrogens is 412 g/mol. The second-order valence-electron chi connectivity index (χ2n) is 8.63. The molecule has 2 nitrogen and oxygen atoms in total. The number of pyridine rings is 1. The molecular formula is C32H21N2+. The van der Waals surface area contributed by atoms with Gasteiger partial charge < -0.3 is 0 Å². The van der Waals surface area contributed by atoms with Crippen molar-refractivity contribution in [3.8, 4) is 22.3 Å². The summed E-state index contributed by atoms with van der Waals surface area (Å²) < 4.78 is 2.16. The van der Waals surface area contributed by atoms with Gasteiger partial charge in [-0.3, -0.25) is 0 Å². The monoisotopic (exact) mass is 433 g/mol. The van der Waals surface area contributed by atoms with E-state index in [1.54, 1.807) is 0 Å². The van der Waals surface area contributed by atoms with Crippen LogP contribution in [0.25, 0.3) is 60.3 Å². The van der Waals surface area contributed by atoms with Gasteiger partial charge in [0.2, 0.25) is 5.52 Å². The van der Waals surface area contributed by atoms with Crippen molar-refractivity contribution in [2.24, 2.45) is 0 Å². The lowest BCUT2D eigenvalue weighted by Crippen LogP contribution is -2.29. The smallest absolute Gasteiger partial charge is 0.0622 e. The summed E-state index contributed by atoms with van der Waals surface area (Å²) in [5, 5.41) is 10.2. The van der Waals surface area contributed by atoms with Crippen LogP contribution in [0, 0.1) is 0 Å². The van der Waals surface area contributed by atoms with Crippen LogP contribution in [0.3, 0.4) is 0 Å². The van der Waals surface area contributed by atoms with Crippen molar-refractivity contribution in [3.63, 3.8) is 0 Å². The Bertz CT molecular complexity index is 1840. The van der Waals surface area contributed by atoms with E-state index in [-0.39, 0.29) is 0 Å². The molecule has 0 N–H and O–H groups in total. The Balaban J connectivity index is 1.80. The highest BCUT2D eigenvalue weighted by atomic mass is 15.2. The summed E-state index contributed by atoms with van der Waals surface area (Å²) in [6.07, 6.45) is 0. The van der Waals surface area contributed by atoms with Gasteiger partial charge in [0.25, 0.3) is 5.52 Å². The minimum Gasteiger partial charge on any atom is -0.0622 e. The average molecular weight is 434 g/mol. The topological polar surface area (TPSA) is 17.0 Å². The zero-order valence-corrected chi connectivity index (χ0v) is 18.5. The molecule has 2 heteroatoms. The Morgan fingerprint density at radius 2 is 1.03 bits per heavy atom. The van der Waals surface area contributed by atoms with Crippen LogP contribution in [0.1, 0.15) is 0 Å². The predicted octanol–water partition coefficient (Wildman–Crippen LogP) is 7.61. The van der Waals surface area contributed by atoms with Gasteiger partial charge in [-0.1, -0.05) is 109 Å². The van der Waals surface area contributed by atoms with Gasteiger partial charge in [0.1, 0.15) is 5.52 Å². The lowest BCUT2D eigenvalue weighted by Gasteiger charge is -2.12. The van der Waals surface area contributed by atoms with Crippen molar-refractivity contribution in [1.82, 2.24) is 5.10 Å². The number of benzene rings is 5. The van der Waals surface area contributed by atoms with Gasteiger partial charge in [0.15, 0.2) is 0 Å². The fourth-order valence-electron chi connectivity index (χ4n) is 5.22. The van der Waals surface area contributed by atoms with Gasteiger partial charge in [-0.25, -0.2) is 0 Å². The van der Waals surface area contributed by atoms with Crippen molar-refractivity contribution < 1.29 is 4.52 Å². The lowest BCUT2D eigenvalue weighted by molar-refractivity contribution is -0.548. The summed E-state index contributed by atoms with van der Waals surface area (Å²) in [6.45, 7) is 0. The molecule has 0 aliphatic carbocycles. The molecule has 0 unspecified atom stereocenters. The van der Waals surface area contributed by atoms with E-state index in [1.165, 1.54) is 32.8 Å². The summed E-state index contributed by atoms with van der Waals surface area (Å²) in [7, 11) is 0. The molecule has 2 heterocycles. The first kappa shape index (κ1) is 19.0. The molecule has 7 aromatic rings. The molecule has 7 rings (SSSR count). The zero-order valence-electron chi connectivity index (χ0n) is 18.5. The SMILES string of the molecule is c1ccc(-c2cccc3c(-c4ccccc4)c4c5ccccc5c5ccccc5[n+]4nc23)cc1. The van der Waals surface area contributed by atoms with Gasteiger partial charge >= 0.3 is 0 Å². The van der Waals surface area contributed by atoms with Crippen LogP contribution in [-0.4, -0.2) is 5.10 Å². The summed E-state index contributed by atoms with van der Waals surface area (Å²) in [6, 6.07) is 45.0. The average Bonchev–Trinajstić information content (AvgIpc) is 2.92. The largest absolute Gasteiger partial charge is 0.255 e. The van der Waals surface area contributed by atoms with Crippen molar-refractivity contribution in [3.05, 3.63) is 127 Å². The van der Waals surface area contributed by atoms with E-state index in [1.807, 2.05) is 0 Å². The molecule has 0 aliphatic rings. The van der Waals surface area contributed by atoms with Gasteiger partial charge in [-0.05, 0) is 27.8 Å². The molecule has 5 aromatic carbocycles. The second kappa shape index (κ2) is 7.50. The summed E-state index contributed by atoms with van der Waals surface area (Å²) in [5.41, 5.74) is 7.97. The number of rotatable bonds is 2. The van der Waals surface area contributed by atoms with Crippen LogP contribution in [0.4, 0.5) is 0 Å². The zero-order chi connectivity index (χ0) is 22.5. The number of nitrogens with zero attached hydrogens (tertiary/aromatic N) is 2. The van der Waals surface area contributed by atoms with Crippen LogP contribution in [-0.2, 0) is 0 Å². The molecule has 0 atom stereocenters. The van der Waals surface area contributed by atoms with Crippen molar-refractivity contribution >= 4 is 38.1 Å². The molecule has 0 saturated heterocycles. The number of aromatic nitrogens is 2. The van der Waals surface area contributed by atoms with Crippen molar-refractivity contribution in [2.75, 3.05) is 0 Å². The van der Waals surface area contributed by atoms with E-state index in [2.05, 4.69) is 132 Å². The maximum Gasteiger partial charge on any atom is 0.255 e. The highest BCUT2D eigenvalue weighted by Gasteiger charge is 2.25. The number of hydrogen-bond acceptors (Lipinski definition) is 1. The number of para-hydroxylation sites is 1. The molecule has 0 bridgehead atoms. The highest BCUT2D eigenvalue weighted by Crippen LogP contribution is 2.38. The quantitative estimate of drug-likeness (QED) is 0.156. The van der Waals surface area contributed by atoms with Crippen LogP contribution in [0.5, 0.6) is 0 Å². The fourth-order valence-corrected chi connectivity index (χ4v) is 5.22. The van der Waals surface area contributed by atoms with Crippen LogP contribution in [0.2, 0.25) is 0 Å². The molecule has 0 radical (unpaired) electrons. The van der Waals surface area contributed by atoms with Crippen LogP contribution in [0.15, 0.2) is 127 Å². The van der Waals surface area contributed by atoms with Gasteiger partial charge in [0, 0.05) is 27.5 Å². The van der Waals surface area contributed by atoms with E-state index in [0.29, 0.717) is 0 Å². The van der Waals surface area contributed by atoms with E-state index >= 15 is 0 Å². The molecule has 2 aromatic heterocycles. The maximum atomic E-state index is 5.34. The summed E-state index contributed by atoms with van der Waals surface area (Å²) in [5.74, 6) is 0. The first-order valence-electron chi connectivity index (χ1n) is 11.6. The second-order valence-corrected chi connectivity index (χ2v) is 8.63. The van der Waals surface area contributed by atoms with Crippen LogP contribution < -0.4 is 4.52 Å². The van der Waals surface area contributed by atoms with E-state index in [4.69, 9.17) is 5.10 Å². The Morgan fingerprint density at radius 3 is 1.79 bits per heavy atom. The molecule has 34 heavy (non-hydrogen) atoms. The normalized spacial score (nSPS) is 11.5. The molecule has 0 fully saturated rings. The molecule has 0 aliphatic heterocycles. The van der Waals surface area contributed by atoms with Crippen molar-refractivity contribution in [1.29, 1.82) is 0 Å². The third-order valence-corrected chi connectivity index (χ3v) is 6.71. The highest BCUT2D eigenvalue weighted by molar-refractivity contribution is 6.16. The molecule has 158 valence electrons. The predicted molar refractivity (Wildman–Crippen MR) is 141 cm³/mol. The van der Waals surface area contributed by atoms with Gasteiger partial charge in [-0.15, -0.1) is 0 Å². The minimum absolute atomic E-state index is 1.01. The van der Waals surface area contributed by atoms with E-state index in [9.17, 15) is 0 Å². The Labute approximate surface area is 197 Å². The van der Waals surface area contributed by atoms with E-state index in [0.717, 1.165) is 27.5 Å². The Kier molecular flexibility index (Phi) is 4.18. The fraction of sp³-hybridized carbons (Fsp3) is 0. The minimum atomic E-state index is 1.01. The standard InChI is InChI=1S/C32H21N2/c1-3-12-22(13-4-1)24-19-11-20-28-30(23-14-5-2-6-15-23)32-27-18-8-7-16-25(27)26-17-9-10-21-29(26)34(32)33-31(24)28/h1-21H/q+1.